The van der Waals surface area contributed by atoms with Gasteiger partial charge in [0.15, 0.2) is 0 Å². The summed E-state index contributed by atoms with van der Waals surface area (Å²) in [5.41, 5.74) is 5.03. The highest BCUT2D eigenvalue weighted by molar-refractivity contribution is 5.82. The monoisotopic (exact) mass is 200 g/mol. The third-order valence-electron chi connectivity index (χ3n) is 2.78. The molecule has 0 saturated carbocycles. The van der Waals surface area contributed by atoms with Crippen molar-refractivity contribution in [2.75, 3.05) is 6.54 Å². The molecule has 3 nitrogen and oxygen atoms in total. The Hall–Kier alpha value is -0.570. The minimum absolute atomic E-state index is 0.0548. The molecule has 84 valence electrons. The third kappa shape index (κ3) is 3.29. The summed E-state index contributed by atoms with van der Waals surface area (Å²) in [6, 6.07) is 0. The number of hydrogen-bond acceptors (Lipinski definition) is 2. The zero-order valence-electron chi connectivity index (χ0n) is 10.3. The molecule has 0 aliphatic rings. The smallest absolute Gasteiger partial charge is 0.225 e. The van der Waals surface area contributed by atoms with Crippen LogP contribution in [0.15, 0.2) is 0 Å². The van der Waals surface area contributed by atoms with E-state index >= 15 is 0 Å². The molecule has 0 aromatic carbocycles. The van der Waals surface area contributed by atoms with Crippen molar-refractivity contribution in [1.29, 1.82) is 0 Å². The van der Waals surface area contributed by atoms with Crippen LogP contribution in [0.1, 0.15) is 41.5 Å². The Balaban J connectivity index is 4.56. The molecule has 3 N–H and O–H groups in total. The van der Waals surface area contributed by atoms with Crippen molar-refractivity contribution in [3.63, 3.8) is 0 Å². The molecule has 1 atom stereocenters. The van der Waals surface area contributed by atoms with Crippen molar-refractivity contribution in [2.45, 2.75) is 47.1 Å². The second-order valence-electron chi connectivity index (χ2n) is 5.48. The quantitative estimate of drug-likeness (QED) is 0.725. The molecule has 0 fully saturated rings. The summed E-state index contributed by atoms with van der Waals surface area (Å²) >= 11 is 0. The first-order valence-electron chi connectivity index (χ1n) is 5.16. The molecule has 0 aromatic rings. The minimum atomic E-state index is -0.356. The maximum atomic E-state index is 11.8. The Morgan fingerprint density at radius 2 is 1.71 bits per heavy atom. The lowest BCUT2D eigenvalue weighted by molar-refractivity contribution is -0.130. The van der Waals surface area contributed by atoms with Crippen LogP contribution in [-0.4, -0.2) is 18.0 Å². The summed E-state index contributed by atoms with van der Waals surface area (Å²) < 4.78 is 0. The average molecular weight is 200 g/mol. The van der Waals surface area contributed by atoms with Gasteiger partial charge < -0.3 is 11.1 Å². The van der Waals surface area contributed by atoms with Gasteiger partial charge in [0.1, 0.15) is 0 Å². The maximum Gasteiger partial charge on any atom is 0.225 e. The maximum absolute atomic E-state index is 11.8. The van der Waals surface area contributed by atoms with Crippen LogP contribution >= 0.6 is 0 Å². The molecule has 0 aliphatic carbocycles. The van der Waals surface area contributed by atoms with E-state index in [4.69, 9.17) is 5.73 Å². The van der Waals surface area contributed by atoms with E-state index in [9.17, 15) is 4.79 Å². The van der Waals surface area contributed by atoms with Crippen LogP contribution < -0.4 is 11.1 Å². The predicted molar refractivity (Wildman–Crippen MR) is 59.9 cm³/mol. The lowest BCUT2D eigenvalue weighted by Gasteiger charge is -2.36. The Labute approximate surface area is 87.4 Å². The zero-order valence-corrected chi connectivity index (χ0v) is 10.3. The van der Waals surface area contributed by atoms with Crippen LogP contribution in [-0.2, 0) is 4.79 Å². The lowest BCUT2D eigenvalue weighted by Crippen LogP contribution is -2.57. The lowest BCUT2D eigenvalue weighted by atomic mass is 9.86. The summed E-state index contributed by atoms with van der Waals surface area (Å²) in [7, 11) is 0. The molecule has 0 bridgehead atoms. The number of carbonyl (C=O) groups excluding carboxylic acids is 1. The van der Waals surface area contributed by atoms with Crippen molar-refractivity contribution in [2.24, 2.45) is 17.1 Å². The molecule has 0 saturated heterocycles. The highest BCUT2D eigenvalue weighted by atomic mass is 16.2. The van der Waals surface area contributed by atoms with Crippen LogP contribution in [0, 0.1) is 11.3 Å². The van der Waals surface area contributed by atoms with Gasteiger partial charge in [0.05, 0.1) is 5.54 Å². The fraction of sp³-hybridized carbons (Fsp3) is 0.909. The molecular weight excluding hydrogens is 176 g/mol. The fourth-order valence-corrected chi connectivity index (χ4v) is 0.878. The van der Waals surface area contributed by atoms with Crippen LogP contribution in [0.4, 0.5) is 0 Å². The number of carbonyl (C=O) groups is 1. The van der Waals surface area contributed by atoms with Crippen molar-refractivity contribution in [1.82, 2.24) is 5.32 Å². The molecule has 1 unspecified atom stereocenters. The van der Waals surface area contributed by atoms with Crippen LogP contribution in [0.5, 0.6) is 0 Å². The largest absolute Gasteiger partial charge is 0.349 e. The standard InChI is InChI=1S/C11H24N2O/c1-8(2)11(6,7-12)13-9(14)10(3,4)5/h8H,7,12H2,1-6H3,(H,13,14). The highest BCUT2D eigenvalue weighted by Gasteiger charge is 2.32. The van der Waals surface area contributed by atoms with E-state index in [0.29, 0.717) is 12.5 Å². The number of hydrogen-bond donors (Lipinski definition) is 2. The SMILES string of the molecule is CC(C)C(C)(CN)NC(=O)C(C)(C)C. The molecule has 0 rings (SSSR count). The molecular formula is C11H24N2O. The molecule has 1 amide bonds. The Morgan fingerprint density at radius 1 is 1.29 bits per heavy atom. The van der Waals surface area contributed by atoms with Crippen LogP contribution in [0.25, 0.3) is 0 Å². The summed E-state index contributed by atoms with van der Waals surface area (Å²) in [4.78, 5) is 11.8. The summed E-state index contributed by atoms with van der Waals surface area (Å²) in [5.74, 6) is 0.387. The van der Waals surface area contributed by atoms with Gasteiger partial charge in [-0.1, -0.05) is 34.6 Å². The van der Waals surface area contributed by atoms with Crippen LogP contribution in [0.2, 0.25) is 0 Å². The van der Waals surface area contributed by atoms with Crippen molar-refractivity contribution in [3.8, 4) is 0 Å². The van der Waals surface area contributed by atoms with Gasteiger partial charge >= 0.3 is 0 Å². The third-order valence-corrected chi connectivity index (χ3v) is 2.78. The highest BCUT2D eigenvalue weighted by Crippen LogP contribution is 2.19. The zero-order chi connectivity index (χ0) is 11.6. The van der Waals surface area contributed by atoms with E-state index in [-0.39, 0.29) is 16.9 Å². The van der Waals surface area contributed by atoms with Gasteiger partial charge in [-0.3, -0.25) is 4.79 Å². The number of rotatable bonds is 3. The first-order chi connectivity index (χ1) is 6.13. The molecule has 0 heterocycles. The molecule has 0 radical (unpaired) electrons. The first kappa shape index (κ1) is 13.4. The topological polar surface area (TPSA) is 55.1 Å². The molecule has 14 heavy (non-hydrogen) atoms. The van der Waals surface area contributed by atoms with E-state index in [1.54, 1.807) is 0 Å². The fourth-order valence-electron chi connectivity index (χ4n) is 0.878. The molecule has 0 aromatic heterocycles. The van der Waals surface area contributed by atoms with Gasteiger partial charge in [0.2, 0.25) is 5.91 Å². The van der Waals surface area contributed by atoms with Crippen LogP contribution in [0.3, 0.4) is 0 Å². The van der Waals surface area contributed by atoms with Gasteiger partial charge in [-0.15, -0.1) is 0 Å². The number of amides is 1. The number of nitrogens with two attached hydrogens (primary N) is 1. The normalized spacial score (nSPS) is 16.6. The predicted octanol–water partition coefficient (Wildman–Crippen LogP) is 1.52. The summed E-state index contributed by atoms with van der Waals surface area (Å²) in [5, 5.41) is 3.02. The van der Waals surface area contributed by atoms with Crippen molar-refractivity contribution in [3.05, 3.63) is 0 Å². The first-order valence-corrected chi connectivity index (χ1v) is 5.16. The van der Waals surface area contributed by atoms with E-state index < -0.39 is 0 Å². The Bertz CT molecular complexity index is 206. The average Bonchev–Trinajstić information content (AvgIpc) is 2.02. The van der Waals surface area contributed by atoms with E-state index in [1.807, 2.05) is 27.7 Å². The Kier molecular flexibility index (Phi) is 4.13. The van der Waals surface area contributed by atoms with E-state index in [1.165, 1.54) is 0 Å². The van der Waals surface area contributed by atoms with Gasteiger partial charge in [-0.25, -0.2) is 0 Å². The number of nitrogens with one attached hydrogen (secondary N) is 1. The van der Waals surface area contributed by atoms with Gasteiger partial charge in [0, 0.05) is 12.0 Å². The molecule has 0 spiro atoms. The second kappa shape index (κ2) is 4.30. The van der Waals surface area contributed by atoms with Crippen molar-refractivity contribution < 1.29 is 4.79 Å². The van der Waals surface area contributed by atoms with E-state index in [2.05, 4.69) is 19.2 Å². The Morgan fingerprint density at radius 3 is 1.93 bits per heavy atom. The van der Waals surface area contributed by atoms with Gasteiger partial charge in [-0.2, -0.15) is 0 Å². The second-order valence-corrected chi connectivity index (χ2v) is 5.48. The van der Waals surface area contributed by atoms with Gasteiger partial charge in [0.25, 0.3) is 0 Å². The summed E-state index contributed by atoms with van der Waals surface area (Å²) in [6.07, 6.45) is 0. The molecule has 0 aliphatic heterocycles. The van der Waals surface area contributed by atoms with E-state index in [0.717, 1.165) is 0 Å². The van der Waals surface area contributed by atoms with Gasteiger partial charge in [-0.05, 0) is 12.8 Å². The minimum Gasteiger partial charge on any atom is -0.349 e. The van der Waals surface area contributed by atoms with Crippen molar-refractivity contribution >= 4 is 5.91 Å². The summed E-state index contributed by atoms with van der Waals surface area (Å²) in [6.45, 7) is 12.3. The molecule has 3 heteroatoms.